The average molecular weight is 202 g/mol. The fourth-order valence-electron chi connectivity index (χ4n) is 1.56. The van der Waals surface area contributed by atoms with E-state index in [1.165, 1.54) is 0 Å². The van der Waals surface area contributed by atoms with Crippen molar-refractivity contribution in [2.24, 2.45) is 0 Å². The van der Waals surface area contributed by atoms with Gasteiger partial charge in [0.25, 0.3) is 0 Å². The summed E-state index contributed by atoms with van der Waals surface area (Å²) in [4.78, 5) is 4.33. The van der Waals surface area contributed by atoms with Crippen LogP contribution in [-0.4, -0.2) is 16.7 Å². The fourth-order valence-corrected chi connectivity index (χ4v) is 1.56. The predicted octanol–water partition coefficient (Wildman–Crippen LogP) is 2.58. The molecule has 0 N–H and O–H groups in total. The molecule has 0 saturated heterocycles. The summed E-state index contributed by atoms with van der Waals surface area (Å²) in [5, 5.41) is 0. The van der Waals surface area contributed by atoms with E-state index < -0.39 is 0 Å². The van der Waals surface area contributed by atoms with Crippen LogP contribution in [0.4, 0.5) is 0 Å². The van der Waals surface area contributed by atoms with Crippen molar-refractivity contribution >= 4 is 0 Å². The molecular formula is C12H14N2O. The highest BCUT2D eigenvalue weighted by Gasteiger charge is 2.03. The van der Waals surface area contributed by atoms with Gasteiger partial charge in [0, 0.05) is 24.5 Å². The van der Waals surface area contributed by atoms with Crippen LogP contribution in [0.15, 0.2) is 36.7 Å². The highest BCUT2D eigenvalue weighted by Crippen LogP contribution is 2.20. The Labute approximate surface area is 89.3 Å². The summed E-state index contributed by atoms with van der Waals surface area (Å²) in [6, 6.07) is 7.94. The van der Waals surface area contributed by atoms with Gasteiger partial charge in [0.05, 0.1) is 7.11 Å². The summed E-state index contributed by atoms with van der Waals surface area (Å²) in [7, 11) is 1.67. The maximum absolute atomic E-state index is 5.12. The molecule has 0 unspecified atom stereocenters. The van der Waals surface area contributed by atoms with Gasteiger partial charge < -0.3 is 9.30 Å². The largest absolute Gasteiger partial charge is 0.497 e. The molecule has 0 saturated carbocycles. The van der Waals surface area contributed by atoms with Crippen LogP contribution in [0.2, 0.25) is 0 Å². The molecule has 0 aliphatic heterocycles. The van der Waals surface area contributed by atoms with E-state index in [2.05, 4.69) is 16.5 Å². The number of benzene rings is 1. The minimum absolute atomic E-state index is 0.869. The van der Waals surface area contributed by atoms with Gasteiger partial charge in [0.2, 0.25) is 0 Å². The normalized spacial score (nSPS) is 10.3. The summed E-state index contributed by atoms with van der Waals surface area (Å²) in [5.41, 5.74) is 1.11. The Balaban J connectivity index is 2.37. The molecule has 0 spiro atoms. The first kappa shape index (κ1) is 9.77. The third-order valence-electron chi connectivity index (χ3n) is 2.40. The second-order valence-corrected chi connectivity index (χ2v) is 3.27. The molecule has 1 aromatic carbocycles. The predicted molar refractivity (Wildman–Crippen MR) is 59.9 cm³/mol. The van der Waals surface area contributed by atoms with Crippen LogP contribution in [0.1, 0.15) is 6.92 Å². The summed E-state index contributed by atoms with van der Waals surface area (Å²) in [5.74, 6) is 1.87. The van der Waals surface area contributed by atoms with E-state index in [4.69, 9.17) is 4.74 Å². The van der Waals surface area contributed by atoms with Gasteiger partial charge in [0.15, 0.2) is 0 Å². The van der Waals surface area contributed by atoms with E-state index in [9.17, 15) is 0 Å². The van der Waals surface area contributed by atoms with Crippen LogP contribution in [0.3, 0.4) is 0 Å². The van der Waals surface area contributed by atoms with Crippen molar-refractivity contribution < 1.29 is 4.74 Å². The summed E-state index contributed by atoms with van der Waals surface area (Å²) < 4.78 is 7.23. The number of hydrogen-bond acceptors (Lipinski definition) is 2. The topological polar surface area (TPSA) is 27.1 Å². The molecule has 1 heterocycles. The van der Waals surface area contributed by atoms with Crippen molar-refractivity contribution in [1.82, 2.24) is 9.55 Å². The lowest BCUT2D eigenvalue weighted by Crippen LogP contribution is -1.95. The number of imidazole rings is 1. The smallest absolute Gasteiger partial charge is 0.139 e. The lowest BCUT2D eigenvalue weighted by Gasteiger charge is -2.05. The lowest BCUT2D eigenvalue weighted by atomic mass is 10.2. The Morgan fingerprint density at radius 2 is 2.00 bits per heavy atom. The van der Waals surface area contributed by atoms with E-state index in [-0.39, 0.29) is 0 Å². The van der Waals surface area contributed by atoms with E-state index in [0.717, 1.165) is 23.7 Å². The third-order valence-corrected chi connectivity index (χ3v) is 2.40. The minimum atomic E-state index is 0.869. The van der Waals surface area contributed by atoms with Crippen LogP contribution in [0, 0.1) is 0 Å². The van der Waals surface area contributed by atoms with E-state index in [1.54, 1.807) is 7.11 Å². The van der Waals surface area contributed by atoms with Gasteiger partial charge in [-0.3, -0.25) is 0 Å². The van der Waals surface area contributed by atoms with Crippen molar-refractivity contribution in [3.8, 4) is 17.1 Å². The number of ether oxygens (including phenoxy) is 1. The highest BCUT2D eigenvalue weighted by atomic mass is 16.5. The van der Waals surface area contributed by atoms with E-state index >= 15 is 0 Å². The summed E-state index contributed by atoms with van der Waals surface area (Å²) in [6.45, 7) is 3.04. The number of aryl methyl sites for hydroxylation is 1. The second-order valence-electron chi connectivity index (χ2n) is 3.27. The molecule has 0 aliphatic rings. The zero-order valence-corrected chi connectivity index (χ0v) is 8.97. The van der Waals surface area contributed by atoms with E-state index in [0.29, 0.717) is 0 Å². The molecule has 2 aromatic rings. The number of rotatable bonds is 3. The third kappa shape index (κ3) is 1.86. The molecule has 1 aromatic heterocycles. The Morgan fingerprint density at radius 3 is 2.60 bits per heavy atom. The second kappa shape index (κ2) is 4.17. The molecule has 0 atom stereocenters. The van der Waals surface area contributed by atoms with Crippen molar-refractivity contribution in [3.63, 3.8) is 0 Å². The van der Waals surface area contributed by atoms with Gasteiger partial charge in [-0.05, 0) is 31.2 Å². The van der Waals surface area contributed by atoms with E-state index in [1.807, 2.05) is 36.7 Å². The first-order valence-corrected chi connectivity index (χ1v) is 5.00. The van der Waals surface area contributed by atoms with Gasteiger partial charge in [-0.25, -0.2) is 4.98 Å². The van der Waals surface area contributed by atoms with Crippen molar-refractivity contribution in [1.29, 1.82) is 0 Å². The molecule has 3 heteroatoms. The standard InChI is InChI=1S/C12H14N2O/c1-3-14-9-8-13-12(14)10-4-6-11(15-2)7-5-10/h4-9H,3H2,1-2H3. The molecule has 0 amide bonds. The Kier molecular flexibility index (Phi) is 2.72. The Morgan fingerprint density at radius 1 is 1.27 bits per heavy atom. The van der Waals surface area contributed by atoms with Gasteiger partial charge in [0.1, 0.15) is 11.6 Å². The Hall–Kier alpha value is -1.77. The Bertz CT molecular complexity index is 431. The van der Waals surface area contributed by atoms with Gasteiger partial charge >= 0.3 is 0 Å². The van der Waals surface area contributed by atoms with Gasteiger partial charge in [-0.2, -0.15) is 0 Å². The van der Waals surface area contributed by atoms with Crippen LogP contribution < -0.4 is 4.74 Å². The minimum Gasteiger partial charge on any atom is -0.497 e. The quantitative estimate of drug-likeness (QED) is 0.764. The first-order valence-electron chi connectivity index (χ1n) is 5.00. The van der Waals surface area contributed by atoms with Crippen LogP contribution >= 0.6 is 0 Å². The molecule has 0 fully saturated rings. The SMILES string of the molecule is CCn1ccnc1-c1ccc(OC)cc1. The lowest BCUT2D eigenvalue weighted by molar-refractivity contribution is 0.415. The highest BCUT2D eigenvalue weighted by molar-refractivity contribution is 5.56. The fraction of sp³-hybridized carbons (Fsp3) is 0.250. The number of hydrogen-bond donors (Lipinski definition) is 0. The number of methoxy groups -OCH3 is 1. The zero-order valence-electron chi connectivity index (χ0n) is 8.97. The van der Waals surface area contributed by atoms with Crippen molar-refractivity contribution in [3.05, 3.63) is 36.7 Å². The first-order chi connectivity index (χ1) is 7.35. The number of aromatic nitrogens is 2. The van der Waals surface area contributed by atoms with Crippen LogP contribution in [0.5, 0.6) is 5.75 Å². The molecule has 0 radical (unpaired) electrons. The molecule has 0 aliphatic carbocycles. The summed E-state index contributed by atoms with van der Waals surface area (Å²) >= 11 is 0. The van der Waals surface area contributed by atoms with Crippen LogP contribution in [0.25, 0.3) is 11.4 Å². The van der Waals surface area contributed by atoms with Gasteiger partial charge in [-0.1, -0.05) is 0 Å². The molecule has 15 heavy (non-hydrogen) atoms. The maximum Gasteiger partial charge on any atom is 0.139 e. The molecule has 2 rings (SSSR count). The van der Waals surface area contributed by atoms with Crippen LogP contribution in [-0.2, 0) is 6.54 Å². The van der Waals surface area contributed by atoms with Gasteiger partial charge in [-0.15, -0.1) is 0 Å². The van der Waals surface area contributed by atoms with Crippen molar-refractivity contribution in [2.45, 2.75) is 13.5 Å². The molecule has 0 bridgehead atoms. The molecule has 78 valence electrons. The average Bonchev–Trinajstić information content (AvgIpc) is 2.77. The molecular weight excluding hydrogens is 188 g/mol. The number of nitrogens with zero attached hydrogens (tertiary/aromatic N) is 2. The maximum atomic E-state index is 5.12. The summed E-state index contributed by atoms with van der Waals surface area (Å²) in [6.07, 6.45) is 3.81. The molecule has 3 nitrogen and oxygen atoms in total. The van der Waals surface area contributed by atoms with Crippen molar-refractivity contribution in [2.75, 3.05) is 7.11 Å². The zero-order chi connectivity index (χ0) is 10.7. The monoisotopic (exact) mass is 202 g/mol.